The molecule has 0 saturated heterocycles. The zero-order valence-corrected chi connectivity index (χ0v) is 23.0. The summed E-state index contributed by atoms with van der Waals surface area (Å²) in [4.78, 5) is 31.8. The lowest BCUT2D eigenvalue weighted by atomic mass is 10.1. The Morgan fingerprint density at radius 3 is 2.10 bits per heavy atom. The third-order valence-corrected chi connectivity index (χ3v) is 6.28. The first-order chi connectivity index (χ1) is 18.9. The van der Waals surface area contributed by atoms with Crippen molar-refractivity contribution in [2.45, 2.75) is 34.2 Å². The lowest BCUT2D eigenvalue weighted by Crippen LogP contribution is -2.33. The molecule has 8 heteroatoms. The molecule has 0 unspecified atom stereocenters. The molecule has 0 aliphatic rings. The summed E-state index contributed by atoms with van der Waals surface area (Å²) in [6, 6.07) is 18.1. The van der Waals surface area contributed by atoms with Gasteiger partial charge >= 0.3 is 0 Å². The average Bonchev–Trinajstić information content (AvgIpc) is 2.94. The number of carbonyl (C=O) groups excluding carboxylic acids is 1. The lowest BCUT2D eigenvalue weighted by molar-refractivity contribution is 0.0984. The Morgan fingerprint density at radius 1 is 0.872 bits per heavy atom. The molecular formula is C31H34N2O6. The van der Waals surface area contributed by atoms with Gasteiger partial charge in [-0.15, -0.1) is 0 Å². The number of rotatable bonds is 11. The number of pyridine rings is 1. The van der Waals surface area contributed by atoms with Crippen molar-refractivity contribution < 1.29 is 23.7 Å². The third kappa shape index (κ3) is 6.00. The Kier molecular flexibility index (Phi) is 8.76. The third-order valence-electron chi connectivity index (χ3n) is 6.28. The van der Waals surface area contributed by atoms with Crippen molar-refractivity contribution in [1.29, 1.82) is 0 Å². The van der Waals surface area contributed by atoms with Crippen molar-refractivity contribution >= 4 is 22.5 Å². The highest BCUT2D eigenvalue weighted by Gasteiger charge is 2.24. The summed E-state index contributed by atoms with van der Waals surface area (Å²) in [5.74, 6) is 1.62. The van der Waals surface area contributed by atoms with Crippen molar-refractivity contribution in [3.05, 3.63) is 87.7 Å². The van der Waals surface area contributed by atoms with Crippen LogP contribution < -0.4 is 29.4 Å². The van der Waals surface area contributed by atoms with Gasteiger partial charge in [-0.05, 0) is 81.1 Å². The number of nitrogens with zero attached hydrogens (tertiary/aromatic N) is 1. The van der Waals surface area contributed by atoms with E-state index < -0.39 is 0 Å². The van der Waals surface area contributed by atoms with Crippen molar-refractivity contribution in [2.75, 3.05) is 31.8 Å². The minimum atomic E-state index is -0.325. The Bertz CT molecular complexity index is 1480. The quantitative estimate of drug-likeness (QED) is 0.260. The molecule has 0 radical (unpaired) electrons. The van der Waals surface area contributed by atoms with Crippen molar-refractivity contribution in [2.24, 2.45) is 0 Å². The van der Waals surface area contributed by atoms with Crippen LogP contribution >= 0.6 is 0 Å². The van der Waals surface area contributed by atoms with E-state index in [-0.39, 0.29) is 18.0 Å². The van der Waals surface area contributed by atoms with Crippen LogP contribution in [0.3, 0.4) is 0 Å². The number of H-pyrrole nitrogens is 1. The molecule has 204 valence electrons. The fourth-order valence-electron chi connectivity index (χ4n) is 4.43. The predicted octanol–water partition coefficient (Wildman–Crippen LogP) is 5.89. The molecule has 1 heterocycles. The number of aromatic amines is 1. The van der Waals surface area contributed by atoms with Gasteiger partial charge < -0.3 is 28.8 Å². The second kappa shape index (κ2) is 12.4. The molecule has 0 aliphatic heterocycles. The Labute approximate surface area is 228 Å². The van der Waals surface area contributed by atoms with E-state index in [0.29, 0.717) is 59.6 Å². The van der Waals surface area contributed by atoms with Gasteiger partial charge in [0.15, 0.2) is 11.5 Å². The molecule has 0 aliphatic carbocycles. The molecule has 1 aromatic heterocycles. The van der Waals surface area contributed by atoms with Crippen LogP contribution in [-0.2, 0) is 6.54 Å². The Balaban J connectivity index is 1.83. The number of aryl methyl sites for hydroxylation is 1. The number of aromatic nitrogens is 1. The number of hydrogen-bond acceptors (Lipinski definition) is 6. The standard InChI is InChI=1S/C31H34N2O6/c1-6-37-26-17-22(18-27(38-7-2)29(26)39-8-3)31(35)33(24-12-14-25(36-5)15-13-24)19-23-16-21-11-9-10-20(4)28(21)32-30(23)34/h9-18H,6-8,19H2,1-5H3,(H,32,34). The highest BCUT2D eigenvalue weighted by molar-refractivity contribution is 6.07. The van der Waals surface area contributed by atoms with Crippen LogP contribution in [0.5, 0.6) is 23.0 Å². The minimum absolute atomic E-state index is 0.0471. The van der Waals surface area contributed by atoms with Crippen LogP contribution in [0.2, 0.25) is 0 Å². The molecule has 0 bridgehead atoms. The van der Waals surface area contributed by atoms with Gasteiger partial charge in [-0.1, -0.05) is 18.2 Å². The number of fused-ring (bicyclic) bond motifs is 1. The number of para-hydroxylation sites is 1. The topological polar surface area (TPSA) is 90.1 Å². The van der Waals surface area contributed by atoms with Crippen molar-refractivity contribution in [1.82, 2.24) is 4.98 Å². The Morgan fingerprint density at radius 2 is 1.51 bits per heavy atom. The van der Waals surface area contributed by atoms with Crippen LogP contribution in [0.25, 0.3) is 10.9 Å². The molecule has 3 aromatic carbocycles. The van der Waals surface area contributed by atoms with Gasteiger partial charge in [-0.2, -0.15) is 0 Å². The summed E-state index contributed by atoms with van der Waals surface area (Å²) in [6.45, 7) is 8.78. The number of anilines is 1. The number of ether oxygens (including phenoxy) is 4. The van der Waals surface area contributed by atoms with E-state index in [1.807, 2.05) is 52.0 Å². The maximum absolute atomic E-state index is 14.1. The molecule has 0 atom stereocenters. The molecule has 0 saturated carbocycles. The number of benzene rings is 3. The second-order valence-corrected chi connectivity index (χ2v) is 8.85. The van der Waals surface area contributed by atoms with Crippen LogP contribution in [0.4, 0.5) is 5.69 Å². The maximum Gasteiger partial charge on any atom is 0.258 e. The first-order valence-corrected chi connectivity index (χ1v) is 13.0. The highest BCUT2D eigenvalue weighted by Crippen LogP contribution is 2.40. The number of methoxy groups -OCH3 is 1. The molecule has 1 amide bonds. The molecule has 4 rings (SSSR count). The number of hydrogen-bond donors (Lipinski definition) is 1. The first kappa shape index (κ1) is 27.6. The fraction of sp³-hybridized carbons (Fsp3) is 0.290. The largest absolute Gasteiger partial charge is 0.497 e. The highest BCUT2D eigenvalue weighted by atomic mass is 16.5. The summed E-state index contributed by atoms with van der Waals surface area (Å²) < 4.78 is 22.8. The van der Waals surface area contributed by atoms with Gasteiger partial charge in [0.25, 0.3) is 11.5 Å². The van der Waals surface area contributed by atoms with Crippen molar-refractivity contribution in [3.8, 4) is 23.0 Å². The normalized spacial score (nSPS) is 10.8. The van der Waals surface area contributed by atoms with Crippen molar-refractivity contribution in [3.63, 3.8) is 0 Å². The number of amides is 1. The van der Waals surface area contributed by atoms with E-state index in [2.05, 4.69) is 4.98 Å². The molecule has 0 spiro atoms. The maximum atomic E-state index is 14.1. The molecule has 1 N–H and O–H groups in total. The van der Waals surface area contributed by atoms with E-state index in [4.69, 9.17) is 18.9 Å². The lowest BCUT2D eigenvalue weighted by Gasteiger charge is -2.24. The number of nitrogens with one attached hydrogen (secondary N) is 1. The van der Waals surface area contributed by atoms with Gasteiger partial charge in [0.1, 0.15) is 5.75 Å². The minimum Gasteiger partial charge on any atom is -0.497 e. The Hall–Kier alpha value is -4.46. The molecule has 0 fully saturated rings. The van der Waals surface area contributed by atoms with E-state index in [1.165, 1.54) is 0 Å². The summed E-state index contributed by atoms with van der Waals surface area (Å²) in [7, 11) is 1.58. The molecule has 39 heavy (non-hydrogen) atoms. The van der Waals surface area contributed by atoms with Crippen LogP contribution in [0.1, 0.15) is 42.3 Å². The van der Waals surface area contributed by atoms with Gasteiger partial charge in [0.05, 0.1) is 39.0 Å². The van der Waals surface area contributed by atoms with E-state index in [1.54, 1.807) is 48.4 Å². The van der Waals surface area contributed by atoms with Gasteiger partial charge in [0.2, 0.25) is 5.75 Å². The SMILES string of the molecule is CCOc1cc(C(=O)N(Cc2cc3cccc(C)c3[nH]c2=O)c2ccc(OC)cc2)cc(OCC)c1OCC. The van der Waals surface area contributed by atoms with Gasteiger partial charge in [-0.25, -0.2) is 0 Å². The van der Waals surface area contributed by atoms with Crippen LogP contribution in [0.15, 0.2) is 65.5 Å². The zero-order chi connectivity index (χ0) is 27.9. The molecular weight excluding hydrogens is 496 g/mol. The van der Waals surface area contributed by atoms with E-state index >= 15 is 0 Å². The summed E-state index contributed by atoms with van der Waals surface area (Å²) >= 11 is 0. The van der Waals surface area contributed by atoms with Gasteiger partial charge in [-0.3, -0.25) is 9.59 Å². The zero-order valence-electron chi connectivity index (χ0n) is 23.0. The van der Waals surface area contributed by atoms with E-state index in [0.717, 1.165) is 16.5 Å². The smallest absolute Gasteiger partial charge is 0.258 e. The molecule has 8 nitrogen and oxygen atoms in total. The summed E-state index contributed by atoms with van der Waals surface area (Å²) in [5, 5.41) is 0.894. The fourth-order valence-corrected chi connectivity index (χ4v) is 4.43. The summed E-state index contributed by atoms with van der Waals surface area (Å²) in [6.07, 6.45) is 0. The van der Waals surface area contributed by atoms with Gasteiger partial charge in [0, 0.05) is 16.8 Å². The molecule has 4 aromatic rings. The monoisotopic (exact) mass is 530 g/mol. The van der Waals surface area contributed by atoms with E-state index in [9.17, 15) is 9.59 Å². The summed E-state index contributed by atoms with van der Waals surface area (Å²) in [5.41, 5.74) is 2.91. The second-order valence-electron chi connectivity index (χ2n) is 8.85. The average molecular weight is 531 g/mol. The first-order valence-electron chi connectivity index (χ1n) is 13.0. The predicted molar refractivity (Wildman–Crippen MR) is 153 cm³/mol. The number of carbonyl (C=O) groups is 1. The van der Waals surface area contributed by atoms with Crippen LogP contribution in [0, 0.1) is 6.92 Å². The van der Waals surface area contributed by atoms with Crippen LogP contribution in [-0.4, -0.2) is 37.8 Å².